The summed E-state index contributed by atoms with van der Waals surface area (Å²) in [4.78, 5) is 2.46. The Balaban J connectivity index is 0.000000318. The Morgan fingerprint density at radius 2 is 1.71 bits per heavy atom. The van der Waals surface area contributed by atoms with Crippen molar-refractivity contribution >= 4 is 28.0 Å². The Kier molecular flexibility index (Phi) is 7.05. The first-order valence-electron chi connectivity index (χ1n) is 5.81. The molecule has 0 heterocycles. The van der Waals surface area contributed by atoms with Crippen LogP contribution in [0.4, 0.5) is 0 Å². The molecule has 0 amide bonds. The maximum atomic E-state index is 10.9. The molecule has 17 heavy (non-hydrogen) atoms. The van der Waals surface area contributed by atoms with Gasteiger partial charge in [0.25, 0.3) is 9.84 Å². The van der Waals surface area contributed by atoms with Gasteiger partial charge in [0.2, 0.25) is 0 Å². The van der Waals surface area contributed by atoms with E-state index in [1.165, 1.54) is 52.9 Å². The summed E-state index contributed by atoms with van der Waals surface area (Å²) in [6.45, 7) is 4.60. The zero-order valence-corrected chi connectivity index (χ0v) is 12.5. The molecule has 0 saturated heterocycles. The van der Waals surface area contributed by atoms with Crippen molar-refractivity contribution in [2.75, 3.05) is 0 Å². The van der Waals surface area contributed by atoms with E-state index in [2.05, 4.69) is 17.4 Å². The van der Waals surface area contributed by atoms with Crippen LogP contribution in [0.15, 0.2) is 0 Å². The topological polar surface area (TPSA) is 70.5 Å². The number of sulfone groups is 1. The van der Waals surface area contributed by atoms with Gasteiger partial charge < -0.3 is 5.53 Å². The van der Waals surface area contributed by atoms with Gasteiger partial charge >= 0.3 is 5.55 Å². The zero-order valence-electron chi connectivity index (χ0n) is 10.8. The predicted molar refractivity (Wildman–Crippen MR) is 74.2 cm³/mol. The van der Waals surface area contributed by atoms with Crippen LogP contribution in [-0.4, -0.2) is 28.8 Å². The van der Waals surface area contributed by atoms with Gasteiger partial charge in [0, 0.05) is 5.25 Å². The first kappa shape index (κ1) is 16.7. The Bertz CT molecular complexity index is 359. The fourth-order valence-electron chi connectivity index (χ4n) is 1.30. The predicted octanol–water partition coefficient (Wildman–Crippen LogP) is 2.71. The molecule has 0 N–H and O–H groups in total. The highest BCUT2D eigenvalue weighted by Gasteiger charge is 2.30. The van der Waals surface area contributed by atoms with E-state index in [0.717, 1.165) is 5.25 Å². The highest BCUT2D eigenvalue weighted by Crippen LogP contribution is 2.21. The molecule has 100 valence electrons. The third kappa shape index (κ3) is 6.86. The van der Waals surface area contributed by atoms with Gasteiger partial charge in [-0.05, 0) is 33.6 Å². The first-order valence-corrected chi connectivity index (χ1v) is 7.87. The van der Waals surface area contributed by atoms with Crippen LogP contribution in [0.25, 0.3) is 5.53 Å². The first-order chi connectivity index (χ1) is 7.70. The highest BCUT2D eigenvalue weighted by atomic mass is 32.2. The maximum Gasteiger partial charge on any atom is 0.370 e. The number of nitrogens with zero attached hydrogens (tertiary/aromatic N) is 2. The molecule has 0 spiro atoms. The Morgan fingerprint density at radius 1 is 1.24 bits per heavy atom. The number of thiol groups is 1. The van der Waals surface area contributed by atoms with Crippen molar-refractivity contribution in [2.45, 2.75) is 62.9 Å². The van der Waals surface area contributed by atoms with Gasteiger partial charge in [-0.25, -0.2) is 8.42 Å². The molecule has 6 heteroatoms. The normalized spacial score (nSPS) is 17.6. The Hall–Kier alpha value is -0.320. The smallest absolute Gasteiger partial charge is 0.361 e. The molecule has 1 aliphatic carbocycles. The number of hydrogen-bond acceptors (Lipinski definition) is 3. The van der Waals surface area contributed by atoms with Crippen molar-refractivity contribution in [2.24, 2.45) is 0 Å². The second kappa shape index (κ2) is 7.19. The lowest BCUT2D eigenvalue weighted by molar-refractivity contribution is 0.00741. The van der Waals surface area contributed by atoms with Gasteiger partial charge in [-0.2, -0.15) is 17.4 Å². The molecule has 0 unspecified atom stereocenters. The summed E-state index contributed by atoms with van der Waals surface area (Å²) < 4.78 is 21.0. The average molecular weight is 278 g/mol. The summed E-state index contributed by atoms with van der Waals surface area (Å²) in [6.07, 6.45) is 6.96. The summed E-state index contributed by atoms with van der Waals surface area (Å²) in [5, 5.41) is 0.730. The van der Waals surface area contributed by atoms with E-state index >= 15 is 0 Å². The maximum absolute atomic E-state index is 10.9. The van der Waals surface area contributed by atoms with Gasteiger partial charge in [0.05, 0.1) is 4.75 Å². The van der Waals surface area contributed by atoms with Gasteiger partial charge in [0.1, 0.15) is 0 Å². The van der Waals surface area contributed by atoms with E-state index in [-0.39, 0.29) is 0 Å². The van der Waals surface area contributed by atoms with Gasteiger partial charge in [-0.3, -0.25) is 0 Å². The third-order valence-corrected chi connectivity index (χ3v) is 5.21. The van der Waals surface area contributed by atoms with Crippen molar-refractivity contribution in [3.8, 4) is 0 Å². The summed E-state index contributed by atoms with van der Waals surface area (Å²) >= 11 is 4.36. The lowest BCUT2D eigenvalue weighted by atomic mass is 10.0. The van der Waals surface area contributed by atoms with Crippen LogP contribution < -0.4 is 0 Å². The van der Waals surface area contributed by atoms with Gasteiger partial charge in [-0.1, -0.05) is 19.3 Å². The molecule has 1 saturated carbocycles. The third-order valence-electron chi connectivity index (χ3n) is 2.61. The van der Waals surface area contributed by atoms with Crippen molar-refractivity contribution in [3.63, 3.8) is 0 Å². The van der Waals surface area contributed by atoms with E-state index in [1.807, 2.05) is 0 Å². The van der Waals surface area contributed by atoms with Crippen molar-refractivity contribution in [3.05, 3.63) is 5.53 Å². The second-order valence-electron chi connectivity index (χ2n) is 5.17. The minimum absolute atomic E-state index is 0.549. The molecule has 0 aromatic rings. The van der Waals surface area contributed by atoms with Crippen molar-refractivity contribution in [1.82, 2.24) is 0 Å². The quantitative estimate of drug-likeness (QED) is 0.263. The molecule has 0 radical (unpaired) electrons. The highest BCUT2D eigenvalue weighted by molar-refractivity contribution is 8.05. The van der Waals surface area contributed by atoms with Crippen LogP contribution in [0.2, 0.25) is 0 Å². The van der Waals surface area contributed by atoms with Gasteiger partial charge in [-0.15, -0.1) is 0 Å². The molecule has 4 nitrogen and oxygen atoms in total. The molecule has 0 aromatic carbocycles. The molecule has 0 aromatic heterocycles. The molecule has 0 aliphatic heterocycles. The summed E-state index contributed by atoms with van der Waals surface area (Å²) in [7, 11) is -3.39. The van der Waals surface area contributed by atoms with Crippen LogP contribution in [0.1, 0.15) is 52.9 Å². The average Bonchev–Trinajstić information content (AvgIpc) is 2.18. The van der Waals surface area contributed by atoms with Gasteiger partial charge in [0.15, 0.2) is 0 Å². The summed E-state index contributed by atoms with van der Waals surface area (Å²) in [5.74, 6) is 0. The molecule has 0 bridgehead atoms. The minimum atomic E-state index is -3.39. The van der Waals surface area contributed by atoms with E-state index in [4.69, 9.17) is 5.53 Å². The van der Waals surface area contributed by atoms with E-state index in [9.17, 15) is 8.42 Å². The largest absolute Gasteiger partial charge is 0.370 e. The van der Waals surface area contributed by atoms with E-state index < -0.39 is 14.6 Å². The van der Waals surface area contributed by atoms with Crippen molar-refractivity contribution in [1.29, 1.82) is 0 Å². The van der Waals surface area contributed by atoms with Crippen molar-refractivity contribution < 1.29 is 13.2 Å². The lowest BCUT2D eigenvalue weighted by Gasteiger charge is -2.14. The van der Waals surface area contributed by atoms with Crippen LogP contribution in [-0.2, 0) is 9.84 Å². The van der Waals surface area contributed by atoms with Crippen LogP contribution in [0.5, 0.6) is 0 Å². The second-order valence-corrected chi connectivity index (χ2v) is 8.43. The number of hydrogen-bond donors (Lipinski definition) is 1. The monoisotopic (exact) mass is 278 g/mol. The molecule has 1 aliphatic rings. The standard InChI is InChI=1S/C6H12S.C5H10N2O2S/c7-6-4-2-1-3-5-6;1-5(2,3)10(8,9)4-7-6/h6-7H,1-5H2;4H,1-3H3. The molecular weight excluding hydrogens is 256 g/mol. The molecule has 1 fully saturated rings. The molecule has 0 atom stereocenters. The van der Waals surface area contributed by atoms with E-state index in [0.29, 0.717) is 5.55 Å². The fourth-order valence-corrected chi connectivity index (χ4v) is 2.11. The zero-order chi connectivity index (χ0) is 13.5. The fraction of sp³-hybridized carbons (Fsp3) is 0.909. The summed E-state index contributed by atoms with van der Waals surface area (Å²) in [6, 6.07) is 0. The molecular formula is C11H22N2O2S2. The van der Waals surface area contributed by atoms with Crippen LogP contribution in [0.3, 0.4) is 0 Å². The Morgan fingerprint density at radius 3 is 1.88 bits per heavy atom. The van der Waals surface area contributed by atoms with Crippen LogP contribution in [0, 0.1) is 0 Å². The Labute approximate surface area is 110 Å². The molecule has 1 rings (SSSR count). The minimum Gasteiger partial charge on any atom is -0.361 e. The lowest BCUT2D eigenvalue weighted by Crippen LogP contribution is -2.28. The number of rotatable bonds is 1. The van der Waals surface area contributed by atoms with E-state index in [1.54, 1.807) is 0 Å². The summed E-state index contributed by atoms with van der Waals surface area (Å²) in [5.41, 5.74) is 8.50. The SMILES string of the molecule is CC(C)(C)S(=O)(=O)C=[N+]=[N-].SC1CCCCC1. The van der Waals surface area contributed by atoms with Crippen LogP contribution >= 0.6 is 12.6 Å².